The Labute approximate surface area is 85.4 Å². The molecule has 5 nitrogen and oxygen atoms in total. The third-order valence-corrected chi connectivity index (χ3v) is 4.14. The van der Waals surface area contributed by atoms with Crippen LogP contribution in [-0.2, 0) is 14.8 Å². The molecular weight excluding hydrogens is 224 g/mol. The molecule has 0 spiro atoms. The van der Waals surface area contributed by atoms with E-state index in [1.165, 1.54) is 6.26 Å². The molecule has 2 rings (SSSR count). The minimum Gasteiger partial charge on any atom is -0.479 e. The largest absolute Gasteiger partial charge is 0.479 e. The number of primary sulfonamides is 1. The second kappa shape index (κ2) is 3.26. The van der Waals surface area contributed by atoms with Crippen LogP contribution in [0, 0.1) is 0 Å². The first kappa shape index (κ1) is 9.50. The van der Waals surface area contributed by atoms with Crippen molar-refractivity contribution in [2.45, 2.75) is 4.21 Å². The summed E-state index contributed by atoms with van der Waals surface area (Å²) in [5, 5.41) is 6.74. The topological polar surface area (TPSA) is 72.6 Å². The van der Waals surface area contributed by atoms with Crippen LogP contribution in [0.15, 0.2) is 28.1 Å². The van der Waals surface area contributed by atoms with Crippen LogP contribution in [0.4, 0.5) is 5.69 Å². The number of thiophene rings is 1. The molecule has 0 amide bonds. The summed E-state index contributed by atoms with van der Waals surface area (Å²) in [5.41, 5.74) is 0.561. The van der Waals surface area contributed by atoms with Crippen LogP contribution in [0.5, 0.6) is 0 Å². The zero-order valence-corrected chi connectivity index (χ0v) is 8.72. The summed E-state index contributed by atoms with van der Waals surface area (Å²) in [4.78, 5) is 1.68. The SMILES string of the molecule is NS(=O)(=O)c1sccc1N1C=COC1. The van der Waals surface area contributed by atoms with Crippen molar-refractivity contribution in [3.8, 4) is 0 Å². The van der Waals surface area contributed by atoms with Crippen molar-refractivity contribution in [3.63, 3.8) is 0 Å². The van der Waals surface area contributed by atoms with Gasteiger partial charge in [-0.3, -0.25) is 0 Å². The lowest BCUT2D eigenvalue weighted by atomic mass is 10.5. The van der Waals surface area contributed by atoms with E-state index in [4.69, 9.17) is 9.88 Å². The van der Waals surface area contributed by atoms with Crippen LogP contribution in [0.1, 0.15) is 0 Å². The van der Waals surface area contributed by atoms with E-state index in [1.807, 2.05) is 0 Å². The Balaban J connectivity index is 2.44. The monoisotopic (exact) mass is 232 g/mol. The molecule has 1 aromatic heterocycles. The van der Waals surface area contributed by atoms with E-state index in [9.17, 15) is 8.42 Å². The molecule has 7 heteroatoms. The molecule has 0 saturated carbocycles. The number of sulfonamides is 1. The minimum absolute atomic E-state index is 0.160. The van der Waals surface area contributed by atoms with Crippen LogP contribution < -0.4 is 10.0 Å². The summed E-state index contributed by atoms with van der Waals surface area (Å²) in [7, 11) is -3.64. The highest BCUT2D eigenvalue weighted by molar-refractivity contribution is 7.91. The van der Waals surface area contributed by atoms with Crippen LogP contribution in [0.2, 0.25) is 0 Å². The van der Waals surface area contributed by atoms with Gasteiger partial charge in [0.1, 0.15) is 6.26 Å². The van der Waals surface area contributed by atoms with Gasteiger partial charge in [-0.05, 0) is 11.4 Å². The molecule has 1 aliphatic heterocycles. The fourth-order valence-electron chi connectivity index (χ4n) is 1.15. The Bertz CT molecular complexity index is 463. The Morgan fingerprint density at radius 3 is 2.93 bits per heavy atom. The quantitative estimate of drug-likeness (QED) is 0.813. The Kier molecular flexibility index (Phi) is 2.22. The van der Waals surface area contributed by atoms with E-state index >= 15 is 0 Å². The van der Waals surface area contributed by atoms with Crippen molar-refractivity contribution in [2.75, 3.05) is 11.6 Å². The van der Waals surface area contributed by atoms with Crippen LogP contribution >= 0.6 is 11.3 Å². The average molecular weight is 232 g/mol. The maximum atomic E-state index is 11.2. The molecule has 0 radical (unpaired) electrons. The van der Waals surface area contributed by atoms with Gasteiger partial charge in [-0.2, -0.15) is 0 Å². The summed E-state index contributed by atoms with van der Waals surface area (Å²) < 4.78 is 27.5. The molecule has 0 unspecified atom stereocenters. The van der Waals surface area contributed by atoms with Gasteiger partial charge in [-0.1, -0.05) is 0 Å². The fraction of sp³-hybridized carbons (Fsp3) is 0.143. The van der Waals surface area contributed by atoms with Crippen LogP contribution in [-0.4, -0.2) is 15.1 Å². The number of nitrogens with two attached hydrogens (primary N) is 1. The molecule has 2 N–H and O–H groups in total. The number of anilines is 1. The molecule has 14 heavy (non-hydrogen) atoms. The number of rotatable bonds is 2. The molecule has 0 aromatic carbocycles. The van der Waals surface area contributed by atoms with Crippen molar-refractivity contribution in [1.82, 2.24) is 0 Å². The van der Waals surface area contributed by atoms with Crippen molar-refractivity contribution >= 4 is 27.0 Å². The molecule has 76 valence electrons. The van der Waals surface area contributed by atoms with E-state index in [0.29, 0.717) is 12.4 Å². The third-order valence-electron chi connectivity index (χ3n) is 1.73. The predicted octanol–water partition coefficient (Wildman–Crippen LogP) is 0.661. The van der Waals surface area contributed by atoms with Crippen LogP contribution in [0.25, 0.3) is 0 Å². The number of hydrogen-bond acceptors (Lipinski definition) is 5. The zero-order valence-electron chi connectivity index (χ0n) is 7.08. The normalized spacial score (nSPS) is 15.9. The lowest BCUT2D eigenvalue weighted by Gasteiger charge is -2.12. The number of hydrogen-bond donors (Lipinski definition) is 1. The van der Waals surface area contributed by atoms with Crippen molar-refractivity contribution < 1.29 is 13.2 Å². The molecule has 0 saturated heterocycles. The summed E-state index contributed by atoms with van der Waals surface area (Å²) in [6, 6.07) is 1.70. The molecule has 1 aliphatic rings. The highest BCUT2D eigenvalue weighted by Crippen LogP contribution is 2.31. The highest BCUT2D eigenvalue weighted by Gasteiger charge is 2.20. The molecule has 0 atom stereocenters. The van der Waals surface area contributed by atoms with Gasteiger partial charge in [0.25, 0.3) is 0 Å². The fourth-order valence-corrected chi connectivity index (χ4v) is 2.95. The van der Waals surface area contributed by atoms with E-state index in [-0.39, 0.29) is 4.21 Å². The molecule has 0 aliphatic carbocycles. The van der Waals surface area contributed by atoms with Gasteiger partial charge in [-0.15, -0.1) is 11.3 Å². The van der Waals surface area contributed by atoms with Crippen LogP contribution in [0.3, 0.4) is 0 Å². The molecule has 2 heterocycles. The third kappa shape index (κ3) is 1.61. The second-order valence-electron chi connectivity index (χ2n) is 2.69. The predicted molar refractivity (Wildman–Crippen MR) is 53.3 cm³/mol. The lowest BCUT2D eigenvalue weighted by molar-refractivity contribution is 0.282. The highest BCUT2D eigenvalue weighted by atomic mass is 32.2. The Morgan fingerprint density at radius 1 is 1.57 bits per heavy atom. The van der Waals surface area contributed by atoms with E-state index in [2.05, 4.69) is 0 Å². The van der Waals surface area contributed by atoms with E-state index in [0.717, 1.165) is 11.3 Å². The van der Waals surface area contributed by atoms with Crippen molar-refractivity contribution in [2.24, 2.45) is 5.14 Å². The first-order valence-corrected chi connectivity index (χ1v) is 6.17. The molecular formula is C7H8N2O3S2. The number of ether oxygens (including phenoxy) is 1. The molecule has 1 aromatic rings. The van der Waals surface area contributed by atoms with E-state index in [1.54, 1.807) is 22.5 Å². The number of nitrogens with zero attached hydrogens (tertiary/aromatic N) is 1. The maximum Gasteiger partial charge on any atom is 0.249 e. The van der Waals surface area contributed by atoms with Gasteiger partial charge in [-0.25, -0.2) is 13.6 Å². The average Bonchev–Trinajstić information content (AvgIpc) is 2.73. The van der Waals surface area contributed by atoms with Crippen molar-refractivity contribution in [1.29, 1.82) is 0 Å². The smallest absolute Gasteiger partial charge is 0.249 e. The summed E-state index contributed by atoms with van der Waals surface area (Å²) in [6.07, 6.45) is 3.17. The van der Waals surface area contributed by atoms with E-state index < -0.39 is 10.0 Å². The first-order chi connectivity index (χ1) is 6.59. The zero-order chi connectivity index (χ0) is 10.2. The van der Waals surface area contributed by atoms with Crippen molar-refractivity contribution in [3.05, 3.63) is 23.9 Å². The summed E-state index contributed by atoms with van der Waals surface area (Å²) in [6.45, 7) is 0.319. The maximum absolute atomic E-state index is 11.2. The molecule has 0 bridgehead atoms. The summed E-state index contributed by atoms with van der Waals surface area (Å²) in [5.74, 6) is 0. The Morgan fingerprint density at radius 2 is 2.36 bits per heavy atom. The lowest BCUT2D eigenvalue weighted by Crippen LogP contribution is -2.18. The summed E-state index contributed by atoms with van der Waals surface area (Å²) >= 11 is 1.10. The van der Waals surface area contributed by atoms with Gasteiger partial charge in [0.2, 0.25) is 10.0 Å². The van der Waals surface area contributed by atoms with Gasteiger partial charge in [0, 0.05) is 6.20 Å². The Hall–Kier alpha value is -1.05. The van der Waals surface area contributed by atoms with Gasteiger partial charge < -0.3 is 9.64 Å². The first-order valence-electron chi connectivity index (χ1n) is 3.74. The van der Waals surface area contributed by atoms with Gasteiger partial charge in [0.05, 0.1) is 5.69 Å². The van der Waals surface area contributed by atoms with Gasteiger partial charge >= 0.3 is 0 Å². The second-order valence-corrected chi connectivity index (χ2v) is 5.36. The van der Waals surface area contributed by atoms with Gasteiger partial charge in [0.15, 0.2) is 10.9 Å². The molecule has 0 fully saturated rings. The minimum atomic E-state index is -3.64. The standard InChI is InChI=1S/C7H8N2O3S2/c8-14(10,11)7-6(1-4-13-7)9-2-3-12-5-9/h1-4H,5H2,(H2,8,10,11).